The monoisotopic (exact) mass is 796 g/mol. The molecule has 0 N–H and O–H groups in total. The number of para-hydroxylation sites is 8. The van der Waals surface area contributed by atoms with E-state index in [2.05, 4.69) is 237 Å². The van der Waals surface area contributed by atoms with Crippen molar-refractivity contribution in [2.24, 2.45) is 0 Å². The molecule has 0 spiro atoms. The molecular weight excluding hydrogens is 759 g/mol. The van der Waals surface area contributed by atoms with Crippen molar-refractivity contribution in [2.45, 2.75) is 0 Å². The van der Waals surface area contributed by atoms with Gasteiger partial charge in [0.1, 0.15) is 0 Å². The Morgan fingerprint density at radius 3 is 1.16 bits per heavy atom. The summed E-state index contributed by atoms with van der Waals surface area (Å²) in [6.07, 6.45) is -2.89. The fourth-order valence-electron chi connectivity index (χ4n) is 8.43. The van der Waals surface area contributed by atoms with Crippen LogP contribution >= 0.6 is 25.4 Å². The van der Waals surface area contributed by atoms with Crippen LogP contribution in [-0.4, -0.2) is 0 Å². The van der Waals surface area contributed by atoms with Crippen molar-refractivity contribution in [3.63, 3.8) is 0 Å². The summed E-state index contributed by atoms with van der Waals surface area (Å²) < 4.78 is 9.91. The Kier molecular flexibility index (Phi) is 8.81. The van der Waals surface area contributed by atoms with Gasteiger partial charge in [0.05, 0.1) is 0 Å². The molecule has 0 unspecified atom stereocenters. The summed E-state index contributed by atoms with van der Waals surface area (Å²) >= 11 is 13.4. The molecular formula is C48H38N4P2S2. The molecule has 0 saturated carbocycles. The minimum atomic E-state index is -3.23. The first kappa shape index (κ1) is 34.8. The third kappa shape index (κ3) is 5.36. The van der Waals surface area contributed by atoms with Crippen LogP contribution in [0.1, 0.15) is 0 Å². The number of benzene rings is 8. The number of rotatable bonds is 7. The van der Waals surface area contributed by atoms with E-state index in [0.717, 1.165) is 61.9 Å². The van der Waals surface area contributed by atoms with Gasteiger partial charge in [-0.25, -0.2) is 0 Å². The van der Waals surface area contributed by atoms with E-state index in [4.69, 9.17) is 24.1 Å². The normalized spacial score (nSPS) is 15.7. The van der Waals surface area contributed by atoms with Gasteiger partial charge in [0, 0.05) is 0 Å². The van der Waals surface area contributed by atoms with Crippen molar-refractivity contribution in [3.05, 3.63) is 218 Å². The summed E-state index contributed by atoms with van der Waals surface area (Å²) in [5.41, 5.74) is 11.1. The molecule has 10 rings (SSSR count). The molecule has 2 aliphatic rings. The van der Waals surface area contributed by atoms with E-state index in [9.17, 15) is 0 Å². The van der Waals surface area contributed by atoms with Gasteiger partial charge in [0.15, 0.2) is 0 Å². The fourth-order valence-corrected chi connectivity index (χ4v) is 18.8. The van der Waals surface area contributed by atoms with E-state index in [1.54, 1.807) is 0 Å². The average Bonchev–Trinajstić information content (AvgIpc) is 3.70. The maximum absolute atomic E-state index is 7.33. The average molecular weight is 797 g/mol. The molecule has 272 valence electrons. The second-order valence-corrected chi connectivity index (χ2v) is 22.3. The van der Waals surface area contributed by atoms with E-state index < -0.39 is 13.1 Å². The second-order valence-electron chi connectivity index (χ2n) is 13.9. The quantitative estimate of drug-likeness (QED) is 0.127. The molecule has 0 bridgehead atoms. The van der Waals surface area contributed by atoms with Gasteiger partial charge >= 0.3 is 341 Å². The molecule has 4 nitrogen and oxygen atoms in total. The van der Waals surface area contributed by atoms with Crippen LogP contribution in [0.4, 0.5) is 45.5 Å². The Labute approximate surface area is 339 Å². The molecule has 0 saturated heterocycles. The third-order valence-corrected chi connectivity index (χ3v) is 20.6. The van der Waals surface area contributed by atoms with Crippen LogP contribution in [0.15, 0.2) is 218 Å². The molecule has 0 aliphatic carbocycles. The molecule has 2 heterocycles. The van der Waals surface area contributed by atoms with Crippen molar-refractivity contribution in [3.8, 4) is 11.1 Å². The summed E-state index contributed by atoms with van der Waals surface area (Å²) in [4.78, 5) is 0. The van der Waals surface area contributed by atoms with Crippen LogP contribution in [0.25, 0.3) is 11.1 Å². The van der Waals surface area contributed by atoms with Gasteiger partial charge in [-0.1, -0.05) is 0 Å². The molecule has 0 atom stereocenters. The van der Waals surface area contributed by atoms with Crippen LogP contribution in [0.2, 0.25) is 0 Å². The Morgan fingerprint density at radius 2 is 0.696 bits per heavy atom. The molecule has 0 fully saturated rings. The van der Waals surface area contributed by atoms with Crippen molar-refractivity contribution in [2.75, 3.05) is 18.7 Å². The van der Waals surface area contributed by atoms with Gasteiger partial charge in [-0.3, -0.25) is 0 Å². The first-order valence-electron chi connectivity index (χ1n) is 18.7. The number of thiol groups is 1. The van der Waals surface area contributed by atoms with E-state index in [0.29, 0.717) is 0 Å². The third-order valence-electron chi connectivity index (χ3n) is 10.7. The topological polar surface area (TPSA) is 13.0 Å². The molecule has 0 amide bonds. The predicted octanol–water partition coefficient (Wildman–Crippen LogP) is 13.3. The molecule has 8 aromatic carbocycles. The van der Waals surface area contributed by atoms with Gasteiger partial charge < -0.3 is 0 Å². The summed E-state index contributed by atoms with van der Waals surface area (Å²) in [5, 5.41) is 2.29. The summed E-state index contributed by atoms with van der Waals surface area (Å²) in [5.74, 6) is 0. The van der Waals surface area contributed by atoms with Crippen molar-refractivity contribution in [1.29, 1.82) is 0 Å². The Morgan fingerprint density at radius 1 is 0.357 bits per heavy atom. The van der Waals surface area contributed by atoms with Crippen molar-refractivity contribution in [1.82, 2.24) is 0 Å². The van der Waals surface area contributed by atoms with Crippen LogP contribution in [-0.2, 0) is 11.8 Å². The Balaban J connectivity index is 1.26. The maximum atomic E-state index is 7.33. The van der Waals surface area contributed by atoms with E-state index in [-0.39, 0.29) is 0 Å². The van der Waals surface area contributed by atoms with E-state index in [1.165, 1.54) is 5.30 Å². The molecule has 56 heavy (non-hydrogen) atoms. The molecule has 2 aliphatic heterocycles. The van der Waals surface area contributed by atoms with Crippen molar-refractivity contribution >= 4 is 93.3 Å². The molecule has 0 radical (unpaired) electrons. The number of nitrogens with zero attached hydrogens (tertiary/aromatic N) is 4. The number of hydrogen-bond donors (Lipinski definition) is 1. The Hall–Kier alpha value is -5.61. The van der Waals surface area contributed by atoms with Crippen LogP contribution in [0.5, 0.6) is 0 Å². The minimum absolute atomic E-state index is 1.07. The van der Waals surface area contributed by atoms with E-state index in [1.807, 2.05) is 0 Å². The second kappa shape index (κ2) is 14.2. The zero-order valence-electron chi connectivity index (χ0n) is 30.4. The van der Waals surface area contributed by atoms with Crippen LogP contribution in [0.3, 0.4) is 0 Å². The van der Waals surface area contributed by atoms with Gasteiger partial charge in [0.2, 0.25) is 0 Å². The SMILES string of the molecule is S=P1(c2ccccc2-c2ccccc2[PH]2(S)N(c3ccccc3)c3ccccc3N2c2ccccc2)N(c2ccccc2)c2ccccc2N1c1ccccc1. The van der Waals surface area contributed by atoms with Gasteiger partial charge in [-0.15, -0.1) is 0 Å². The summed E-state index contributed by atoms with van der Waals surface area (Å²) in [6.45, 7) is -3.23. The van der Waals surface area contributed by atoms with Crippen molar-refractivity contribution < 1.29 is 0 Å². The molecule has 8 aromatic rings. The fraction of sp³-hybridized carbons (Fsp3) is 0. The zero-order valence-corrected chi connectivity index (χ0v) is 34.0. The Bertz CT molecular complexity index is 2600. The number of fused-ring (bicyclic) bond motifs is 2. The van der Waals surface area contributed by atoms with Gasteiger partial charge in [0.25, 0.3) is 0 Å². The standard InChI is InChI=1S/C48H38N4P2S2/c55-53(49(37-21-5-1-6-22-37)43-31-15-16-32-44(43)50(53)38-23-7-2-8-24-38)47-35-19-13-29-41(47)42-30-14-20-36-48(42)54(56)51(39-25-9-3-10-26-39)45-33-17-18-34-46(45)52(54)40-27-11-4-12-28-40/h1-36,53,55H. The summed E-state index contributed by atoms with van der Waals surface area (Å²) in [6, 6.07) is 77.9. The van der Waals surface area contributed by atoms with Gasteiger partial charge in [-0.2, -0.15) is 0 Å². The molecule has 8 heteroatoms. The van der Waals surface area contributed by atoms with Crippen LogP contribution < -0.4 is 29.3 Å². The first-order valence-corrected chi connectivity index (χ1v) is 24.6. The number of hydrogen-bond acceptors (Lipinski definition) is 4. The molecule has 0 aromatic heterocycles. The first-order chi connectivity index (χ1) is 27.6. The van der Waals surface area contributed by atoms with Gasteiger partial charge in [-0.05, 0) is 0 Å². The number of anilines is 8. The summed E-state index contributed by atoms with van der Waals surface area (Å²) in [7, 11) is 0. The van der Waals surface area contributed by atoms with Crippen LogP contribution in [0, 0.1) is 0 Å². The van der Waals surface area contributed by atoms with E-state index >= 15 is 0 Å². The zero-order chi connectivity index (χ0) is 37.7. The predicted molar refractivity (Wildman–Crippen MR) is 250 cm³/mol.